The van der Waals surface area contributed by atoms with Gasteiger partial charge in [-0.25, -0.2) is 9.97 Å². The number of aliphatic hydroxyl groups excluding tert-OH is 1. The molecule has 1 heterocycles. The zero-order chi connectivity index (χ0) is 16.9. The second-order valence-corrected chi connectivity index (χ2v) is 5.50. The maximum absolute atomic E-state index is 11.9. The third kappa shape index (κ3) is 3.67. The van der Waals surface area contributed by atoms with Crippen molar-refractivity contribution < 1.29 is 9.90 Å². The van der Waals surface area contributed by atoms with Crippen LogP contribution in [0.3, 0.4) is 0 Å². The third-order valence-corrected chi connectivity index (χ3v) is 3.51. The Balaban J connectivity index is 1.75. The number of aliphatic hydroxyl groups is 1. The molecule has 1 amide bonds. The van der Waals surface area contributed by atoms with Crippen molar-refractivity contribution in [2.45, 2.75) is 13.0 Å². The Morgan fingerprint density at radius 1 is 1.12 bits per heavy atom. The molecule has 0 radical (unpaired) electrons. The molecule has 3 rings (SSSR count). The Morgan fingerprint density at radius 3 is 2.62 bits per heavy atom. The minimum Gasteiger partial charge on any atom is -0.392 e. The van der Waals surface area contributed by atoms with E-state index in [1.165, 1.54) is 6.33 Å². The first-order valence-electron chi connectivity index (χ1n) is 7.66. The molecule has 0 bridgehead atoms. The second-order valence-electron chi connectivity index (χ2n) is 5.50. The molecule has 0 spiro atoms. The summed E-state index contributed by atoms with van der Waals surface area (Å²) < 4.78 is 0. The molecular weight excluding hydrogens is 304 g/mol. The molecule has 6 heteroatoms. The lowest BCUT2D eigenvalue weighted by molar-refractivity contribution is 0.0924. The fraction of sp³-hybridized carbons (Fsp3) is 0.167. The highest BCUT2D eigenvalue weighted by molar-refractivity contribution is 5.95. The standard InChI is InChI=1S/C18H18N4O2/c1-12(23)10-19-18(24)13-6-8-14(9-7-13)22-17-15-4-2-3-5-16(15)20-11-21-17/h2-9,11-12,23H,10H2,1H3,(H,19,24)(H,20,21,22). The van der Waals surface area contributed by atoms with Crippen LogP contribution in [0.1, 0.15) is 17.3 Å². The van der Waals surface area contributed by atoms with Gasteiger partial charge in [0.05, 0.1) is 11.6 Å². The van der Waals surface area contributed by atoms with Gasteiger partial charge in [-0.2, -0.15) is 0 Å². The molecule has 6 nitrogen and oxygen atoms in total. The summed E-state index contributed by atoms with van der Waals surface area (Å²) in [7, 11) is 0. The van der Waals surface area contributed by atoms with Crippen molar-refractivity contribution in [3.63, 3.8) is 0 Å². The monoisotopic (exact) mass is 322 g/mol. The number of para-hydroxylation sites is 1. The van der Waals surface area contributed by atoms with E-state index in [4.69, 9.17) is 0 Å². The van der Waals surface area contributed by atoms with Crippen LogP contribution in [0.4, 0.5) is 11.5 Å². The predicted molar refractivity (Wildman–Crippen MR) is 93.3 cm³/mol. The molecule has 0 fully saturated rings. The highest BCUT2D eigenvalue weighted by Gasteiger charge is 2.07. The zero-order valence-corrected chi connectivity index (χ0v) is 13.2. The summed E-state index contributed by atoms with van der Waals surface area (Å²) in [6, 6.07) is 14.8. The van der Waals surface area contributed by atoms with E-state index < -0.39 is 6.10 Å². The average Bonchev–Trinajstić information content (AvgIpc) is 2.60. The first-order chi connectivity index (χ1) is 11.6. The summed E-state index contributed by atoms with van der Waals surface area (Å²) in [4.78, 5) is 20.4. The van der Waals surface area contributed by atoms with Gasteiger partial charge in [-0.05, 0) is 43.3 Å². The van der Waals surface area contributed by atoms with Gasteiger partial charge < -0.3 is 15.7 Å². The fourth-order valence-electron chi connectivity index (χ4n) is 2.29. The summed E-state index contributed by atoms with van der Waals surface area (Å²) in [6.07, 6.45) is 0.948. The van der Waals surface area contributed by atoms with Crippen molar-refractivity contribution in [1.82, 2.24) is 15.3 Å². The number of fused-ring (bicyclic) bond motifs is 1. The molecule has 0 aliphatic rings. The molecule has 2 aromatic carbocycles. The fourth-order valence-corrected chi connectivity index (χ4v) is 2.29. The summed E-state index contributed by atoms with van der Waals surface area (Å²) in [5.74, 6) is 0.502. The number of rotatable bonds is 5. The average molecular weight is 322 g/mol. The minimum atomic E-state index is -0.569. The number of amides is 1. The van der Waals surface area contributed by atoms with Gasteiger partial charge in [0.1, 0.15) is 12.1 Å². The van der Waals surface area contributed by atoms with E-state index in [1.807, 2.05) is 36.4 Å². The molecule has 0 aliphatic carbocycles. The number of benzene rings is 2. The van der Waals surface area contributed by atoms with E-state index >= 15 is 0 Å². The Morgan fingerprint density at radius 2 is 1.88 bits per heavy atom. The predicted octanol–water partition coefficient (Wildman–Crippen LogP) is 2.48. The smallest absolute Gasteiger partial charge is 0.251 e. The Labute approximate surface area is 139 Å². The number of aromatic nitrogens is 2. The molecule has 1 aromatic heterocycles. The molecule has 3 N–H and O–H groups in total. The molecule has 0 saturated carbocycles. The Bertz CT molecular complexity index is 842. The van der Waals surface area contributed by atoms with Gasteiger partial charge in [0.25, 0.3) is 5.91 Å². The Hall–Kier alpha value is -2.99. The highest BCUT2D eigenvalue weighted by Crippen LogP contribution is 2.22. The number of hydrogen-bond donors (Lipinski definition) is 3. The van der Waals surface area contributed by atoms with E-state index in [0.29, 0.717) is 11.4 Å². The van der Waals surface area contributed by atoms with E-state index in [-0.39, 0.29) is 12.5 Å². The number of hydrogen-bond acceptors (Lipinski definition) is 5. The van der Waals surface area contributed by atoms with Gasteiger partial charge in [0.15, 0.2) is 0 Å². The summed E-state index contributed by atoms with van der Waals surface area (Å²) in [6.45, 7) is 1.85. The second kappa shape index (κ2) is 7.06. The first kappa shape index (κ1) is 15.9. The van der Waals surface area contributed by atoms with Gasteiger partial charge in [-0.15, -0.1) is 0 Å². The Kier molecular flexibility index (Phi) is 4.67. The summed E-state index contributed by atoms with van der Waals surface area (Å²) >= 11 is 0. The van der Waals surface area contributed by atoms with E-state index in [9.17, 15) is 9.90 Å². The van der Waals surface area contributed by atoms with Crippen LogP contribution in [0.25, 0.3) is 10.9 Å². The van der Waals surface area contributed by atoms with E-state index in [2.05, 4.69) is 20.6 Å². The van der Waals surface area contributed by atoms with E-state index in [1.54, 1.807) is 19.1 Å². The molecule has 1 unspecified atom stereocenters. The van der Waals surface area contributed by atoms with Crippen LogP contribution >= 0.6 is 0 Å². The molecule has 1 atom stereocenters. The number of nitrogens with one attached hydrogen (secondary N) is 2. The molecule has 122 valence electrons. The van der Waals surface area contributed by atoms with Crippen LogP contribution in [0.5, 0.6) is 0 Å². The van der Waals surface area contributed by atoms with Gasteiger partial charge in [-0.1, -0.05) is 12.1 Å². The molecule has 0 aliphatic heterocycles. The molecular formula is C18H18N4O2. The lowest BCUT2D eigenvalue weighted by atomic mass is 10.2. The number of carbonyl (C=O) groups excluding carboxylic acids is 1. The summed E-state index contributed by atoms with van der Waals surface area (Å²) in [5.41, 5.74) is 2.23. The summed E-state index contributed by atoms with van der Waals surface area (Å²) in [5, 5.41) is 16.0. The maximum Gasteiger partial charge on any atom is 0.251 e. The lowest BCUT2D eigenvalue weighted by Gasteiger charge is -2.10. The topological polar surface area (TPSA) is 87.1 Å². The SMILES string of the molecule is CC(O)CNC(=O)c1ccc(Nc2ncnc3ccccc23)cc1. The van der Waals surface area contributed by atoms with Crippen molar-refractivity contribution in [2.75, 3.05) is 11.9 Å². The van der Waals surface area contributed by atoms with Gasteiger partial charge >= 0.3 is 0 Å². The van der Waals surface area contributed by atoms with Crippen LogP contribution in [0.15, 0.2) is 54.9 Å². The molecule has 24 heavy (non-hydrogen) atoms. The van der Waals surface area contributed by atoms with Crippen LogP contribution < -0.4 is 10.6 Å². The number of nitrogens with zero attached hydrogens (tertiary/aromatic N) is 2. The van der Waals surface area contributed by atoms with E-state index in [0.717, 1.165) is 16.6 Å². The van der Waals surface area contributed by atoms with Crippen molar-refractivity contribution in [3.8, 4) is 0 Å². The lowest BCUT2D eigenvalue weighted by Crippen LogP contribution is -2.30. The van der Waals surface area contributed by atoms with Crippen LogP contribution in [0, 0.1) is 0 Å². The maximum atomic E-state index is 11.9. The quantitative estimate of drug-likeness (QED) is 0.672. The molecule has 0 saturated heterocycles. The minimum absolute atomic E-state index is 0.213. The van der Waals surface area contributed by atoms with Crippen LogP contribution in [-0.2, 0) is 0 Å². The van der Waals surface area contributed by atoms with Crippen molar-refractivity contribution in [1.29, 1.82) is 0 Å². The van der Waals surface area contributed by atoms with Gasteiger partial charge in [-0.3, -0.25) is 4.79 Å². The van der Waals surface area contributed by atoms with Crippen molar-refractivity contribution in [2.24, 2.45) is 0 Å². The van der Waals surface area contributed by atoms with Crippen molar-refractivity contribution in [3.05, 3.63) is 60.4 Å². The zero-order valence-electron chi connectivity index (χ0n) is 13.2. The first-order valence-corrected chi connectivity index (χ1v) is 7.66. The highest BCUT2D eigenvalue weighted by atomic mass is 16.3. The van der Waals surface area contributed by atoms with Crippen molar-refractivity contribution >= 4 is 28.3 Å². The van der Waals surface area contributed by atoms with Gasteiger partial charge in [0.2, 0.25) is 0 Å². The van der Waals surface area contributed by atoms with Crippen LogP contribution in [0.2, 0.25) is 0 Å². The largest absolute Gasteiger partial charge is 0.392 e. The number of carbonyl (C=O) groups is 1. The number of anilines is 2. The van der Waals surface area contributed by atoms with Gasteiger partial charge in [0, 0.05) is 23.2 Å². The van der Waals surface area contributed by atoms with Crippen LogP contribution in [-0.4, -0.2) is 33.6 Å². The normalized spacial score (nSPS) is 11.9. The third-order valence-electron chi connectivity index (χ3n) is 3.51. The molecule has 3 aromatic rings.